The molecule has 4 heteroatoms. The molecule has 17 heavy (non-hydrogen) atoms. The number of hydrogen-bond donors (Lipinski definition) is 1. The van der Waals surface area contributed by atoms with Crippen LogP contribution < -0.4 is 5.32 Å². The van der Waals surface area contributed by atoms with Gasteiger partial charge in [-0.1, -0.05) is 6.92 Å². The molecule has 0 spiro atoms. The Morgan fingerprint density at radius 3 is 2.76 bits per heavy atom. The molecule has 2 unspecified atom stereocenters. The van der Waals surface area contributed by atoms with Crippen LogP contribution in [0.2, 0.25) is 0 Å². The number of hydrogen-bond acceptors (Lipinski definition) is 3. The lowest BCUT2D eigenvalue weighted by molar-refractivity contribution is -0.129. The van der Waals surface area contributed by atoms with Gasteiger partial charge in [0.05, 0.1) is 0 Å². The van der Waals surface area contributed by atoms with Gasteiger partial charge in [0, 0.05) is 51.7 Å². The maximum Gasteiger partial charge on any atom is 0.223 e. The minimum atomic E-state index is 0.361. The second kappa shape index (κ2) is 5.83. The van der Waals surface area contributed by atoms with E-state index in [0.29, 0.717) is 17.9 Å². The van der Waals surface area contributed by atoms with E-state index in [0.717, 1.165) is 52.1 Å². The van der Waals surface area contributed by atoms with Crippen molar-refractivity contribution >= 4 is 5.91 Å². The molecule has 2 aliphatic heterocycles. The summed E-state index contributed by atoms with van der Waals surface area (Å²) in [6, 6.07) is 0.413. The van der Waals surface area contributed by atoms with E-state index >= 15 is 0 Å². The molecule has 0 aromatic carbocycles. The van der Waals surface area contributed by atoms with Crippen LogP contribution in [0.3, 0.4) is 0 Å². The van der Waals surface area contributed by atoms with Gasteiger partial charge in [-0.05, 0) is 19.3 Å². The van der Waals surface area contributed by atoms with Crippen LogP contribution in [0.25, 0.3) is 0 Å². The third-order valence-corrected chi connectivity index (χ3v) is 4.09. The zero-order valence-corrected chi connectivity index (χ0v) is 11.1. The monoisotopic (exact) mass is 239 g/mol. The highest BCUT2D eigenvalue weighted by Crippen LogP contribution is 2.22. The van der Waals surface area contributed by atoms with Crippen molar-refractivity contribution in [3.05, 3.63) is 0 Å². The molecule has 2 aliphatic rings. The second-order valence-electron chi connectivity index (χ2n) is 5.42. The molecule has 0 aromatic rings. The summed E-state index contributed by atoms with van der Waals surface area (Å²) in [5.41, 5.74) is 0. The number of carbonyl (C=O) groups excluding carboxylic acids is 1. The van der Waals surface area contributed by atoms with Crippen molar-refractivity contribution in [1.82, 2.24) is 15.1 Å². The SMILES string of the molecule is CCC(C)N1CC(CN2CCNCC2)CC1=O. The summed E-state index contributed by atoms with van der Waals surface area (Å²) in [6.07, 6.45) is 1.82. The van der Waals surface area contributed by atoms with E-state index in [9.17, 15) is 4.79 Å². The van der Waals surface area contributed by atoms with Gasteiger partial charge in [0.2, 0.25) is 5.91 Å². The third-order valence-electron chi connectivity index (χ3n) is 4.09. The molecule has 1 N–H and O–H groups in total. The molecule has 0 radical (unpaired) electrons. The largest absolute Gasteiger partial charge is 0.340 e. The van der Waals surface area contributed by atoms with Crippen LogP contribution in [0, 0.1) is 5.92 Å². The van der Waals surface area contributed by atoms with Gasteiger partial charge in [0.15, 0.2) is 0 Å². The van der Waals surface area contributed by atoms with E-state index in [2.05, 4.69) is 29.0 Å². The molecule has 2 atom stereocenters. The first kappa shape index (κ1) is 12.8. The van der Waals surface area contributed by atoms with Gasteiger partial charge >= 0.3 is 0 Å². The number of likely N-dealkylation sites (tertiary alicyclic amines) is 1. The van der Waals surface area contributed by atoms with Crippen molar-refractivity contribution in [2.45, 2.75) is 32.7 Å². The highest BCUT2D eigenvalue weighted by atomic mass is 16.2. The van der Waals surface area contributed by atoms with Gasteiger partial charge in [0.25, 0.3) is 0 Å². The van der Waals surface area contributed by atoms with Gasteiger partial charge in [-0.2, -0.15) is 0 Å². The van der Waals surface area contributed by atoms with Crippen molar-refractivity contribution in [2.75, 3.05) is 39.3 Å². The molecule has 2 fully saturated rings. The zero-order valence-electron chi connectivity index (χ0n) is 11.1. The lowest BCUT2D eigenvalue weighted by atomic mass is 10.1. The molecule has 2 rings (SSSR count). The number of rotatable bonds is 4. The van der Waals surface area contributed by atoms with Gasteiger partial charge < -0.3 is 15.1 Å². The Kier molecular flexibility index (Phi) is 4.40. The average molecular weight is 239 g/mol. The third kappa shape index (κ3) is 3.19. The van der Waals surface area contributed by atoms with Crippen LogP contribution in [0.4, 0.5) is 0 Å². The Morgan fingerprint density at radius 2 is 2.12 bits per heavy atom. The summed E-state index contributed by atoms with van der Waals surface area (Å²) in [7, 11) is 0. The van der Waals surface area contributed by atoms with Crippen LogP contribution in [-0.2, 0) is 4.79 Å². The van der Waals surface area contributed by atoms with Crippen LogP contribution in [0.15, 0.2) is 0 Å². The van der Waals surface area contributed by atoms with Gasteiger partial charge in [-0.15, -0.1) is 0 Å². The summed E-state index contributed by atoms with van der Waals surface area (Å²) >= 11 is 0. The first-order valence-corrected chi connectivity index (χ1v) is 6.93. The maximum absolute atomic E-state index is 11.9. The quantitative estimate of drug-likeness (QED) is 0.778. The fourth-order valence-corrected chi connectivity index (χ4v) is 2.84. The predicted octanol–water partition coefficient (Wildman–Crippen LogP) is 0.539. The number of carbonyl (C=O) groups is 1. The topological polar surface area (TPSA) is 35.6 Å². The van der Waals surface area contributed by atoms with Crippen molar-refractivity contribution in [3.63, 3.8) is 0 Å². The minimum Gasteiger partial charge on any atom is -0.340 e. The molecule has 2 heterocycles. The van der Waals surface area contributed by atoms with Crippen LogP contribution in [0.1, 0.15) is 26.7 Å². The predicted molar refractivity (Wildman–Crippen MR) is 68.9 cm³/mol. The lowest BCUT2D eigenvalue weighted by Gasteiger charge is -2.30. The standard InChI is InChI=1S/C13H25N3O/c1-3-11(2)16-10-12(8-13(16)17)9-15-6-4-14-5-7-15/h11-12,14H,3-10H2,1-2H3. The van der Waals surface area contributed by atoms with Crippen molar-refractivity contribution in [1.29, 1.82) is 0 Å². The molecular formula is C13H25N3O. The van der Waals surface area contributed by atoms with Crippen LogP contribution in [0.5, 0.6) is 0 Å². The minimum absolute atomic E-state index is 0.361. The van der Waals surface area contributed by atoms with Gasteiger partial charge in [0.1, 0.15) is 0 Å². The number of piperazine rings is 1. The van der Waals surface area contributed by atoms with Gasteiger partial charge in [-0.3, -0.25) is 4.79 Å². The molecule has 1 amide bonds. The summed E-state index contributed by atoms with van der Waals surface area (Å²) in [4.78, 5) is 16.5. The van der Waals surface area contributed by atoms with Crippen LogP contribution >= 0.6 is 0 Å². The van der Waals surface area contributed by atoms with Crippen molar-refractivity contribution < 1.29 is 4.79 Å². The molecular weight excluding hydrogens is 214 g/mol. The lowest BCUT2D eigenvalue weighted by Crippen LogP contribution is -2.45. The van der Waals surface area contributed by atoms with Crippen molar-refractivity contribution in [3.8, 4) is 0 Å². The van der Waals surface area contributed by atoms with E-state index in [1.165, 1.54) is 0 Å². The Labute approximate surface area is 104 Å². The highest BCUT2D eigenvalue weighted by Gasteiger charge is 2.32. The fourth-order valence-electron chi connectivity index (χ4n) is 2.84. The maximum atomic E-state index is 11.9. The Hall–Kier alpha value is -0.610. The van der Waals surface area contributed by atoms with E-state index < -0.39 is 0 Å². The zero-order chi connectivity index (χ0) is 12.3. The average Bonchev–Trinajstić information content (AvgIpc) is 2.70. The number of amides is 1. The molecule has 4 nitrogen and oxygen atoms in total. The number of nitrogens with zero attached hydrogens (tertiary/aromatic N) is 2. The van der Waals surface area contributed by atoms with Gasteiger partial charge in [-0.25, -0.2) is 0 Å². The van der Waals surface area contributed by atoms with Crippen molar-refractivity contribution in [2.24, 2.45) is 5.92 Å². The van der Waals surface area contributed by atoms with Crippen LogP contribution in [-0.4, -0.2) is 61.0 Å². The Balaban J connectivity index is 1.81. The first-order valence-electron chi connectivity index (χ1n) is 6.93. The summed E-state index contributed by atoms with van der Waals surface area (Å²) < 4.78 is 0. The van der Waals surface area contributed by atoms with E-state index in [1.54, 1.807) is 0 Å². The molecule has 2 saturated heterocycles. The Morgan fingerprint density at radius 1 is 1.41 bits per heavy atom. The molecule has 0 aromatic heterocycles. The van der Waals surface area contributed by atoms with E-state index in [4.69, 9.17) is 0 Å². The first-order chi connectivity index (χ1) is 8.20. The summed E-state index contributed by atoms with van der Waals surface area (Å²) in [6.45, 7) is 10.8. The molecule has 0 aliphatic carbocycles. The molecule has 0 saturated carbocycles. The molecule has 98 valence electrons. The second-order valence-corrected chi connectivity index (χ2v) is 5.42. The fraction of sp³-hybridized carbons (Fsp3) is 0.923. The molecule has 0 bridgehead atoms. The summed E-state index contributed by atoms with van der Waals surface area (Å²) in [5, 5.41) is 3.37. The summed E-state index contributed by atoms with van der Waals surface area (Å²) in [5.74, 6) is 0.911. The highest BCUT2D eigenvalue weighted by molar-refractivity contribution is 5.79. The number of nitrogens with one attached hydrogen (secondary N) is 1. The Bertz CT molecular complexity index is 263. The smallest absolute Gasteiger partial charge is 0.223 e. The van der Waals surface area contributed by atoms with E-state index in [-0.39, 0.29) is 0 Å². The normalized spacial score (nSPS) is 28.7. The van der Waals surface area contributed by atoms with E-state index in [1.807, 2.05) is 0 Å².